The second kappa shape index (κ2) is 5.86. The molecule has 0 unspecified atom stereocenters. The Balaban J connectivity index is 2.27. The van der Waals surface area contributed by atoms with Crippen LogP contribution in [0.25, 0.3) is 0 Å². The van der Waals surface area contributed by atoms with Crippen LogP contribution >= 0.6 is 0 Å². The van der Waals surface area contributed by atoms with Crippen molar-refractivity contribution in [2.24, 2.45) is 0 Å². The Kier molecular flexibility index (Phi) is 4.50. The number of hydrogen-bond acceptors (Lipinski definition) is 0. The summed E-state index contributed by atoms with van der Waals surface area (Å²) in [6, 6.07) is 9.42. The molecular weight excluding hydrogens is 409 g/mol. The maximum absolute atomic E-state index is 12.6. The van der Waals surface area contributed by atoms with E-state index < -0.39 is 44.7 Å². The summed E-state index contributed by atoms with van der Waals surface area (Å²) in [5, 5.41) is 0. The van der Waals surface area contributed by atoms with E-state index in [0.29, 0.717) is 7.14 Å². The Morgan fingerprint density at radius 1 is 0.619 bits per heavy atom. The fraction of sp³-hybridized carbons (Fsp3) is 0.143. The third-order valence-electron chi connectivity index (χ3n) is 2.52. The Morgan fingerprint density at radius 3 is 1.33 bits per heavy atom. The molecule has 21 heavy (non-hydrogen) atoms. The molecule has 7 heteroatoms. The maximum atomic E-state index is 12.6. The number of rotatable bonds is 2. The third-order valence-corrected chi connectivity index (χ3v) is 5.11. The van der Waals surface area contributed by atoms with Crippen LogP contribution in [0.1, 0.15) is 11.1 Å². The molecule has 0 N–H and O–H groups in total. The summed E-state index contributed by atoms with van der Waals surface area (Å²) in [6.07, 6.45) is -8.90. The molecule has 0 aliphatic heterocycles. The SMILES string of the molecule is FC(F)(F)c1cccc([I-]c2cccc(C(F)(F)F)c2)c1. The van der Waals surface area contributed by atoms with Gasteiger partial charge in [0.05, 0.1) is 0 Å². The summed E-state index contributed by atoms with van der Waals surface area (Å²) in [6.45, 7) is 0. The average Bonchev–Trinajstić information content (AvgIpc) is 2.37. The molecule has 0 atom stereocenters. The van der Waals surface area contributed by atoms with Crippen molar-refractivity contribution in [3.8, 4) is 0 Å². The standard InChI is InChI=1S/C14H8F6I/c15-13(16,17)9-3-1-5-11(7-9)21-12-6-2-4-10(8-12)14(18,19)20/h1-8H/q-1. The van der Waals surface area contributed by atoms with Gasteiger partial charge in [-0.1, -0.05) is 0 Å². The second-order valence-corrected chi connectivity index (χ2v) is 7.14. The van der Waals surface area contributed by atoms with Crippen LogP contribution in [-0.2, 0) is 12.4 Å². The normalized spacial score (nSPS) is 12.7. The van der Waals surface area contributed by atoms with Crippen molar-refractivity contribution in [3.05, 3.63) is 66.8 Å². The molecule has 2 aromatic rings. The summed E-state index contributed by atoms with van der Waals surface area (Å²) in [4.78, 5) is 0. The van der Waals surface area contributed by atoms with Crippen molar-refractivity contribution in [1.82, 2.24) is 0 Å². The minimum absolute atomic E-state index is 0.419. The summed E-state index contributed by atoms with van der Waals surface area (Å²) < 4.78 is 76.4. The van der Waals surface area contributed by atoms with Crippen molar-refractivity contribution >= 4 is 0 Å². The predicted molar refractivity (Wildman–Crippen MR) is 60.3 cm³/mol. The van der Waals surface area contributed by atoms with Gasteiger partial charge in [0.1, 0.15) is 0 Å². The van der Waals surface area contributed by atoms with E-state index in [2.05, 4.69) is 0 Å². The monoisotopic (exact) mass is 417 g/mol. The van der Waals surface area contributed by atoms with E-state index in [9.17, 15) is 26.3 Å². The van der Waals surface area contributed by atoms with Gasteiger partial charge in [-0.25, -0.2) is 0 Å². The first-order chi connectivity index (χ1) is 9.66. The third kappa shape index (κ3) is 4.36. The summed E-state index contributed by atoms with van der Waals surface area (Å²) >= 11 is -1.10. The number of benzene rings is 2. The van der Waals surface area contributed by atoms with Crippen molar-refractivity contribution in [2.75, 3.05) is 0 Å². The summed E-state index contributed by atoms with van der Waals surface area (Å²) in [5.41, 5.74) is -1.57. The predicted octanol–water partition coefficient (Wildman–Crippen LogP) is 1.85. The molecule has 2 rings (SSSR count). The van der Waals surface area contributed by atoms with Gasteiger partial charge in [-0.2, -0.15) is 0 Å². The number of hydrogen-bond donors (Lipinski definition) is 0. The summed E-state index contributed by atoms with van der Waals surface area (Å²) in [5.74, 6) is 0. The molecule has 0 saturated carbocycles. The molecule has 0 aliphatic carbocycles. The van der Waals surface area contributed by atoms with E-state index in [1.807, 2.05) is 0 Å². The first-order valence-electron chi connectivity index (χ1n) is 5.65. The van der Waals surface area contributed by atoms with Gasteiger partial charge < -0.3 is 0 Å². The van der Waals surface area contributed by atoms with Gasteiger partial charge in [0, 0.05) is 0 Å². The topological polar surface area (TPSA) is 0 Å². The molecule has 2 aromatic carbocycles. The Morgan fingerprint density at radius 2 is 1.00 bits per heavy atom. The molecule has 0 aliphatic rings. The fourth-order valence-corrected chi connectivity index (χ4v) is 4.05. The molecule has 0 amide bonds. The molecule has 0 heterocycles. The molecule has 0 saturated heterocycles. The number of alkyl halides is 6. The zero-order chi connectivity index (χ0) is 15.7. The Labute approximate surface area is 127 Å². The first kappa shape index (κ1) is 16.1. The Hall–Kier alpha value is -1.25. The van der Waals surface area contributed by atoms with Crippen LogP contribution in [0, 0.1) is 7.14 Å². The first-order valence-corrected chi connectivity index (χ1v) is 7.81. The van der Waals surface area contributed by atoms with E-state index in [1.54, 1.807) is 0 Å². The molecule has 0 bridgehead atoms. The van der Waals surface area contributed by atoms with Crippen molar-refractivity contribution in [3.63, 3.8) is 0 Å². The van der Waals surface area contributed by atoms with Crippen LogP contribution < -0.4 is 21.2 Å². The van der Waals surface area contributed by atoms with Gasteiger partial charge in [-0.3, -0.25) is 0 Å². The van der Waals surface area contributed by atoms with Gasteiger partial charge in [-0.15, -0.1) is 0 Å². The Bertz CT molecular complexity index is 574. The quantitative estimate of drug-likeness (QED) is 0.517. The van der Waals surface area contributed by atoms with E-state index in [1.165, 1.54) is 24.3 Å². The molecular formula is C14H8F6I-. The molecule has 0 spiro atoms. The van der Waals surface area contributed by atoms with E-state index >= 15 is 0 Å². The second-order valence-electron chi connectivity index (χ2n) is 4.11. The van der Waals surface area contributed by atoms with Gasteiger partial charge in [0.25, 0.3) is 0 Å². The van der Waals surface area contributed by atoms with Crippen LogP contribution in [0.3, 0.4) is 0 Å². The van der Waals surface area contributed by atoms with Crippen LogP contribution in [0.2, 0.25) is 0 Å². The van der Waals surface area contributed by atoms with Gasteiger partial charge in [0.15, 0.2) is 0 Å². The average molecular weight is 417 g/mol. The zero-order valence-corrected chi connectivity index (χ0v) is 12.4. The van der Waals surface area contributed by atoms with E-state index in [-0.39, 0.29) is 0 Å². The molecule has 0 fully saturated rings. The number of halogens is 7. The molecule has 0 nitrogen and oxygen atoms in total. The van der Waals surface area contributed by atoms with Crippen molar-refractivity contribution in [2.45, 2.75) is 12.4 Å². The zero-order valence-electron chi connectivity index (χ0n) is 10.3. The van der Waals surface area contributed by atoms with Crippen molar-refractivity contribution in [1.29, 1.82) is 0 Å². The molecule has 0 aromatic heterocycles. The van der Waals surface area contributed by atoms with E-state index in [0.717, 1.165) is 24.3 Å². The van der Waals surface area contributed by atoms with Gasteiger partial charge >= 0.3 is 127 Å². The molecule has 114 valence electrons. The van der Waals surface area contributed by atoms with Gasteiger partial charge in [0.2, 0.25) is 0 Å². The van der Waals surface area contributed by atoms with Crippen LogP contribution in [0.15, 0.2) is 48.5 Å². The molecule has 0 radical (unpaired) electrons. The van der Waals surface area contributed by atoms with Crippen LogP contribution in [-0.4, -0.2) is 0 Å². The van der Waals surface area contributed by atoms with Gasteiger partial charge in [-0.05, 0) is 0 Å². The van der Waals surface area contributed by atoms with Crippen LogP contribution in [0.5, 0.6) is 0 Å². The minimum atomic E-state index is -4.45. The fourth-order valence-electron chi connectivity index (χ4n) is 1.57. The summed E-state index contributed by atoms with van der Waals surface area (Å²) in [7, 11) is 0. The van der Waals surface area contributed by atoms with Crippen molar-refractivity contribution < 1.29 is 47.5 Å². The van der Waals surface area contributed by atoms with E-state index in [4.69, 9.17) is 0 Å². The van der Waals surface area contributed by atoms with Crippen LogP contribution in [0.4, 0.5) is 26.3 Å².